The predicted molar refractivity (Wildman–Crippen MR) is 114 cm³/mol. The number of hydrogen-bond acceptors (Lipinski definition) is 6. The van der Waals surface area contributed by atoms with Gasteiger partial charge in [-0.1, -0.05) is 50.2 Å². The Hall–Kier alpha value is -3.03. The minimum absolute atomic E-state index is 0.673. The van der Waals surface area contributed by atoms with Crippen LogP contribution in [0.25, 0.3) is 16.9 Å². The van der Waals surface area contributed by atoms with Crippen LogP contribution in [0.3, 0.4) is 0 Å². The fraction of sp³-hybridized carbons (Fsp3) is 0.182. The van der Waals surface area contributed by atoms with Crippen molar-refractivity contribution in [2.24, 2.45) is 0 Å². The van der Waals surface area contributed by atoms with Gasteiger partial charge < -0.3 is 9.68 Å². The van der Waals surface area contributed by atoms with E-state index in [-0.39, 0.29) is 0 Å². The number of hydroxylamine groups is 2. The molecule has 2 aromatic carbocycles. The zero-order chi connectivity index (χ0) is 20.2. The molecule has 0 unspecified atom stereocenters. The Morgan fingerprint density at radius 1 is 0.966 bits per heavy atom. The summed E-state index contributed by atoms with van der Waals surface area (Å²) in [5.41, 5.74) is 2.63. The molecule has 2 aromatic heterocycles. The topological polar surface area (TPSA) is 51.9 Å². The molecule has 1 aliphatic rings. The molecule has 7 heteroatoms. The third-order valence-electron chi connectivity index (χ3n) is 4.00. The number of aromatic nitrogens is 3. The Bertz CT molecular complexity index is 1110. The monoisotopic (exact) mass is 406 g/mol. The molecule has 0 amide bonds. The minimum Gasteiger partial charge on any atom is -0.367 e. The lowest BCUT2D eigenvalue weighted by molar-refractivity contribution is -0.204. The van der Waals surface area contributed by atoms with Crippen LogP contribution < -0.4 is 9.68 Å². The SMILES string of the molecule is CCC.CN1Oc2ccc(-c3cc4nccn4c(Sc4ccccc4)n3)cc2O1. The van der Waals surface area contributed by atoms with E-state index in [2.05, 4.69) is 31.0 Å². The van der Waals surface area contributed by atoms with Gasteiger partial charge >= 0.3 is 0 Å². The molecule has 148 valence electrons. The van der Waals surface area contributed by atoms with Gasteiger partial charge in [-0.3, -0.25) is 4.40 Å². The van der Waals surface area contributed by atoms with Crippen LogP contribution in [-0.2, 0) is 0 Å². The van der Waals surface area contributed by atoms with Gasteiger partial charge in [0.2, 0.25) is 0 Å². The van der Waals surface area contributed by atoms with Crippen LogP contribution in [-0.4, -0.2) is 26.6 Å². The first-order valence-electron chi connectivity index (χ1n) is 9.49. The van der Waals surface area contributed by atoms with Crippen LogP contribution in [0.15, 0.2) is 77.0 Å². The second-order valence-corrected chi connectivity index (χ2v) is 7.53. The number of rotatable bonds is 3. The summed E-state index contributed by atoms with van der Waals surface area (Å²) >= 11 is 1.60. The Morgan fingerprint density at radius 3 is 2.52 bits per heavy atom. The van der Waals surface area contributed by atoms with Crippen molar-refractivity contribution in [3.8, 4) is 22.8 Å². The van der Waals surface area contributed by atoms with Gasteiger partial charge in [0.05, 0.1) is 12.7 Å². The molecule has 0 saturated heterocycles. The van der Waals surface area contributed by atoms with Gasteiger partial charge in [-0.05, 0) is 30.3 Å². The van der Waals surface area contributed by atoms with E-state index in [1.165, 1.54) is 11.6 Å². The van der Waals surface area contributed by atoms with Gasteiger partial charge in [-0.25, -0.2) is 9.97 Å². The smallest absolute Gasteiger partial charge is 0.196 e. The van der Waals surface area contributed by atoms with E-state index in [0.29, 0.717) is 11.5 Å². The molecule has 5 rings (SSSR count). The number of nitrogens with zero attached hydrogens (tertiary/aromatic N) is 4. The van der Waals surface area contributed by atoms with Crippen LogP contribution in [0, 0.1) is 0 Å². The molecular formula is C22H22N4O2S. The summed E-state index contributed by atoms with van der Waals surface area (Å²) in [7, 11) is 1.71. The third kappa shape index (κ3) is 4.21. The largest absolute Gasteiger partial charge is 0.367 e. The van der Waals surface area contributed by atoms with Crippen LogP contribution in [0.2, 0.25) is 0 Å². The number of fused-ring (bicyclic) bond motifs is 2. The third-order valence-corrected chi connectivity index (χ3v) is 4.98. The lowest BCUT2D eigenvalue weighted by Crippen LogP contribution is -2.19. The Labute approximate surface area is 174 Å². The lowest BCUT2D eigenvalue weighted by Gasteiger charge is -2.08. The quantitative estimate of drug-likeness (QED) is 0.419. The molecule has 0 radical (unpaired) electrons. The molecule has 3 heterocycles. The average Bonchev–Trinajstić information content (AvgIpc) is 3.34. The van der Waals surface area contributed by atoms with Crippen molar-refractivity contribution in [1.29, 1.82) is 0 Å². The number of benzene rings is 2. The average molecular weight is 407 g/mol. The van der Waals surface area contributed by atoms with Crippen molar-refractivity contribution in [2.45, 2.75) is 30.3 Å². The van der Waals surface area contributed by atoms with Crippen molar-refractivity contribution in [3.05, 3.63) is 67.0 Å². The fourth-order valence-electron chi connectivity index (χ4n) is 2.82. The van der Waals surface area contributed by atoms with Crippen molar-refractivity contribution >= 4 is 17.4 Å². The number of hydrogen-bond donors (Lipinski definition) is 0. The van der Waals surface area contributed by atoms with Crippen molar-refractivity contribution in [1.82, 2.24) is 19.6 Å². The molecule has 0 N–H and O–H groups in total. The molecule has 0 bridgehead atoms. The van der Waals surface area contributed by atoms with Crippen LogP contribution in [0.5, 0.6) is 11.5 Å². The first-order valence-corrected chi connectivity index (χ1v) is 10.3. The van der Waals surface area contributed by atoms with Gasteiger partial charge in [0.15, 0.2) is 16.7 Å². The summed E-state index contributed by atoms with van der Waals surface area (Å²) < 4.78 is 1.99. The Morgan fingerprint density at radius 2 is 1.72 bits per heavy atom. The maximum Gasteiger partial charge on any atom is 0.196 e. The van der Waals surface area contributed by atoms with E-state index in [1.807, 2.05) is 53.1 Å². The molecule has 0 spiro atoms. The maximum absolute atomic E-state index is 5.52. The molecule has 0 saturated carbocycles. The van der Waals surface area contributed by atoms with Crippen LogP contribution in [0.1, 0.15) is 20.3 Å². The Kier molecular flexibility index (Phi) is 5.69. The van der Waals surface area contributed by atoms with Crippen LogP contribution in [0.4, 0.5) is 0 Å². The van der Waals surface area contributed by atoms with Crippen LogP contribution >= 0.6 is 11.8 Å². The normalized spacial score (nSPS) is 12.7. The summed E-state index contributed by atoms with van der Waals surface area (Å²) in [6, 6.07) is 17.9. The summed E-state index contributed by atoms with van der Waals surface area (Å²) in [6.45, 7) is 4.25. The van der Waals surface area contributed by atoms with Crippen molar-refractivity contribution < 1.29 is 9.68 Å². The van der Waals surface area contributed by atoms with Gasteiger partial charge in [-0.2, -0.15) is 0 Å². The maximum atomic E-state index is 5.52. The summed E-state index contributed by atoms with van der Waals surface area (Å²) in [4.78, 5) is 21.4. The number of imidazole rings is 1. The molecule has 29 heavy (non-hydrogen) atoms. The van der Waals surface area contributed by atoms with Gasteiger partial charge in [0, 0.05) is 34.1 Å². The second kappa shape index (κ2) is 8.55. The highest BCUT2D eigenvalue weighted by atomic mass is 32.2. The molecule has 0 fully saturated rings. The highest BCUT2D eigenvalue weighted by Crippen LogP contribution is 2.37. The van der Waals surface area contributed by atoms with E-state index < -0.39 is 0 Å². The molecular weight excluding hydrogens is 384 g/mol. The molecule has 4 aromatic rings. The predicted octanol–water partition coefficient (Wildman–Crippen LogP) is 5.50. The molecule has 6 nitrogen and oxygen atoms in total. The second-order valence-electron chi connectivity index (χ2n) is 6.49. The fourth-order valence-corrected chi connectivity index (χ4v) is 3.72. The molecule has 0 atom stereocenters. The van der Waals surface area contributed by atoms with E-state index >= 15 is 0 Å². The summed E-state index contributed by atoms with van der Waals surface area (Å²) in [5.74, 6) is 1.37. The summed E-state index contributed by atoms with van der Waals surface area (Å²) in [6.07, 6.45) is 4.95. The minimum atomic E-state index is 0.673. The molecule has 1 aliphatic heterocycles. The zero-order valence-corrected chi connectivity index (χ0v) is 17.4. The Balaban J connectivity index is 0.000000645. The van der Waals surface area contributed by atoms with Crippen molar-refractivity contribution in [3.63, 3.8) is 0 Å². The van der Waals surface area contributed by atoms with E-state index in [4.69, 9.17) is 14.7 Å². The zero-order valence-electron chi connectivity index (χ0n) is 16.6. The highest BCUT2D eigenvalue weighted by Gasteiger charge is 2.20. The van der Waals surface area contributed by atoms with E-state index in [1.54, 1.807) is 25.0 Å². The van der Waals surface area contributed by atoms with Gasteiger partial charge in [0.1, 0.15) is 5.65 Å². The molecule has 0 aliphatic carbocycles. The first kappa shape index (κ1) is 19.3. The van der Waals surface area contributed by atoms with E-state index in [0.717, 1.165) is 27.0 Å². The lowest BCUT2D eigenvalue weighted by atomic mass is 10.1. The summed E-state index contributed by atoms with van der Waals surface area (Å²) in [5, 5.41) is 2.19. The van der Waals surface area contributed by atoms with E-state index in [9.17, 15) is 0 Å². The van der Waals surface area contributed by atoms with Crippen molar-refractivity contribution in [2.75, 3.05) is 7.05 Å². The van der Waals surface area contributed by atoms with Gasteiger partial charge in [0.25, 0.3) is 0 Å². The highest BCUT2D eigenvalue weighted by molar-refractivity contribution is 7.99. The van der Waals surface area contributed by atoms with Gasteiger partial charge in [-0.15, -0.1) is 0 Å². The first-order chi connectivity index (χ1) is 14.2. The standard InChI is InChI=1S/C19H14N4O2S.C3H8/c1-22-24-16-8-7-13(11-17(16)25-22)15-12-18-20-9-10-23(18)19(21-15)26-14-5-3-2-4-6-14;1-3-2/h2-12H,1H3;3H2,1-2H3.